The van der Waals surface area contributed by atoms with E-state index in [4.69, 9.17) is 5.11 Å². The van der Waals surface area contributed by atoms with Gasteiger partial charge in [0.15, 0.2) is 0 Å². The third-order valence-electron chi connectivity index (χ3n) is 2.34. The van der Waals surface area contributed by atoms with Gasteiger partial charge in [0.1, 0.15) is 9.61 Å². The molecule has 2 aromatic rings. The first-order valence-electron chi connectivity index (χ1n) is 5.01. The van der Waals surface area contributed by atoms with Crippen molar-refractivity contribution in [3.8, 4) is 10.6 Å². The van der Waals surface area contributed by atoms with E-state index in [-0.39, 0.29) is 6.42 Å². The molecule has 0 amide bonds. The summed E-state index contributed by atoms with van der Waals surface area (Å²) in [6.45, 7) is 2.02. The summed E-state index contributed by atoms with van der Waals surface area (Å²) in [5.74, 6) is -0.842. The molecule has 0 unspecified atom stereocenters. The number of aromatic nitrogens is 1. The van der Waals surface area contributed by atoms with Gasteiger partial charge in [-0.2, -0.15) is 0 Å². The first-order chi connectivity index (χ1) is 8.08. The molecule has 5 heteroatoms. The number of carboxylic acids is 1. The summed E-state index contributed by atoms with van der Waals surface area (Å²) >= 11 is 4.72. The number of hydrogen-bond acceptors (Lipinski definition) is 3. The van der Waals surface area contributed by atoms with Crippen LogP contribution in [0.4, 0.5) is 0 Å². The van der Waals surface area contributed by atoms with Crippen molar-refractivity contribution >= 4 is 33.2 Å². The van der Waals surface area contributed by atoms with Gasteiger partial charge in [0.25, 0.3) is 0 Å². The predicted molar refractivity (Wildman–Crippen MR) is 71.3 cm³/mol. The number of thiazole rings is 1. The van der Waals surface area contributed by atoms with Gasteiger partial charge in [-0.15, -0.1) is 11.3 Å². The topological polar surface area (TPSA) is 50.2 Å². The standard InChI is InChI=1S/C12H10BrNO2S/c1-7-4-2-3-5-8(7)12-14-11(13)9(17-12)6-10(15)16/h2-5H,6H2,1H3,(H,15,16). The van der Waals surface area contributed by atoms with Crippen molar-refractivity contribution in [3.63, 3.8) is 0 Å². The van der Waals surface area contributed by atoms with E-state index in [1.54, 1.807) is 0 Å². The van der Waals surface area contributed by atoms with Crippen LogP contribution in [0.15, 0.2) is 28.9 Å². The highest BCUT2D eigenvalue weighted by Crippen LogP contribution is 2.32. The minimum absolute atomic E-state index is 0.00410. The molecule has 0 radical (unpaired) electrons. The predicted octanol–water partition coefficient (Wildman–Crippen LogP) is 3.51. The van der Waals surface area contributed by atoms with Crippen LogP contribution in [0.1, 0.15) is 10.4 Å². The number of aryl methyl sites for hydroxylation is 1. The number of halogens is 1. The molecule has 2 rings (SSSR count). The molecule has 88 valence electrons. The van der Waals surface area contributed by atoms with E-state index < -0.39 is 5.97 Å². The fourth-order valence-corrected chi connectivity index (χ4v) is 3.22. The van der Waals surface area contributed by atoms with Crippen LogP contribution in [0.2, 0.25) is 0 Å². The summed E-state index contributed by atoms with van der Waals surface area (Å²) < 4.78 is 0.628. The van der Waals surface area contributed by atoms with Crippen molar-refractivity contribution in [2.45, 2.75) is 13.3 Å². The Labute approximate surface area is 111 Å². The van der Waals surface area contributed by atoms with Crippen LogP contribution in [0.25, 0.3) is 10.6 Å². The average molecular weight is 312 g/mol. The summed E-state index contributed by atoms with van der Waals surface area (Å²) in [7, 11) is 0. The molecule has 1 heterocycles. The van der Waals surface area contributed by atoms with Crippen LogP contribution >= 0.6 is 27.3 Å². The van der Waals surface area contributed by atoms with Crippen molar-refractivity contribution in [1.82, 2.24) is 4.98 Å². The molecular formula is C12H10BrNO2S. The number of nitrogens with zero attached hydrogens (tertiary/aromatic N) is 1. The summed E-state index contributed by atoms with van der Waals surface area (Å²) in [6.07, 6.45) is 0.00410. The van der Waals surface area contributed by atoms with E-state index in [2.05, 4.69) is 20.9 Å². The van der Waals surface area contributed by atoms with Gasteiger partial charge in [-0.3, -0.25) is 4.79 Å². The zero-order chi connectivity index (χ0) is 12.4. The van der Waals surface area contributed by atoms with Crippen LogP contribution in [0, 0.1) is 6.92 Å². The van der Waals surface area contributed by atoms with E-state index in [1.165, 1.54) is 11.3 Å². The van der Waals surface area contributed by atoms with Gasteiger partial charge < -0.3 is 5.11 Å². The smallest absolute Gasteiger partial charge is 0.308 e. The van der Waals surface area contributed by atoms with E-state index in [0.717, 1.165) is 21.0 Å². The molecule has 0 bridgehead atoms. The van der Waals surface area contributed by atoms with E-state index >= 15 is 0 Å². The second-order valence-electron chi connectivity index (χ2n) is 3.62. The molecule has 17 heavy (non-hydrogen) atoms. The van der Waals surface area contributed by atoms with Gasteiger partial charge in [0, 0.05) is 5.56 Å². The number of rotatable bonds is 3. The second-order valence-corrected chi connectivity index (χ2v) is 5.45. The molecule has 0 aliphatic rings. The Hall–Kier alpha value is -1.20. The maximum Gasteiger partial charge on any atom is 0.308 e. The van der Waals surface area contributed by atoms with Crippen molar-refractivity contribution in [2.75, 3.05) is 0 Å². The zero-order valence-electron chi connectivity index (χ0n) is 9.11. The highest BCUT2D eigenvalue weighted by Gasteiger charge is 2.14. The summed E-state index contributed by atoms with van der Waals surface area (Å²) in [6, 6.07) is 7.93. The van der Waals surface area contributed by atoms with E-state index in [1.807, 2.05) is 31.2 Å². The molecule has 0 aliphatic heterocycles. The Balaban J connectivity index is 2.41. The number of aliphatic carboxylic acids is 1. The third-order valence-corrected chi connectivity index (χ3v) is 4.34. The minimum Gasteiger partial charge on any atom is -0.481 e. The van der Waals surface area contributed by atoms with Gasteiger partial charge in [0.2, 0.25) is 0 Å². The summed E-state index contributed by atoms with van der Waals surface area (Å²) in [5.41, 5.74) is 2.19. The molecule has 0 aliphatic carbocycles. The first-order valence-corrected chi connectivity index (χ1v) is 6.62. The molecule has 1 aromatic heterocycles. The molecule has 1 N–H and O–H groups in total. The molecule has 0 saturated carbocycles. The molecule has 0 spiro atoms. The number of benzene rings is 1. The van der Waals surface area contributed by atoms with E-state index in [0.29, 0.717) is 4.60 Å². The minimum atomic E-state index is -0.842. The molecule has 0 saturated heterocycles. The Morgan fingerprint density at radius 1 is 1.47 bits per heavy atom. The van der Waals surface area contributed by atoms with Crippen LogP contribution in [0.5, 0.6) is 0 Å². The second kappa shape index (κ2) is 4.98. The fraction of sp³-hybridized carbons (Fsp3) is 0.167. The summed E-state index contributed by atoms with van der Waals surface area (Å²) in [4.78, 5) is 15.8. The largest absolute Gasteiger partial charge is 0.481 e. The van der Waals surface area contributed by atoms with Crippen molar-refractivity contribution in [3.05, 3.63) is 39.3 Å². The van der Waals surface area contributed by atoms with Gasteiger partial charge in [-0.1, -0.05) is 24.3 Å². The lowest BCUT2D eigenvalue weighted by molar-refractivity contribution is -0.136. The van der Waals surface area contributed by atoms with Crippen molar-refractivity contribution in [1.29, 1.82) is 0 Å². The average Bonchev–Trinajstić information content (AvgIpc) is 2.60. The Bertz CT molecular complexity index is 565. The lowest BCUT2D eigenvalue weighted by atomic mass is 10.1. The first kappa shape index (κ1) is 12.3. The summed E-state index contributed by atoms with van der Waals surface area (Å²) in [5, 5.41) is 9.64. The van der Waals surface area contributed by atoms with Crippen LogP contribution in [0.3, 0.4) is 0 Å². The lowest BCUT2D eigenvalue weighted by Gasteiger charge is -1.99. The highest BCUT2D eigenvalue weighted by molar-refractivity contribution is 9.10. The number of hydrogen-bond donors (Lipinski definition) is 1. The van der Waals surface area contributed by atoms with Gasteiger partial charge in [-0.05, 0) is 28.4 Å². The Morgan fingerprint density at radius 3 is 2.82 bits per heavy atom. The van der Waals surface area contributed by atoms with Crippen molar-refractivity contribution < 1.29 is 9.90 Å². The highest BCUT2D eigenvalue weighted by atomic mass is 79.9. The van der Waals surface area contributed by atoms with Crippen LogP contribution in [-0.2, 0) is 11.2 Å². The lowest BCUT2D eigenvalue weighted by Crippen LogP contribution is -1.98. The monoisotopic (exact) mass is 311 g/mol. The Morgan fingerprint density at radius 2 is 2.18 bits per heavy atom. The molecule has 0 atom stereocenters. The zero-order valence-corrected chi connectivity index (χ0v) is 11.5. The van der Waals surface area contributed by atoms with Gasteiger partial charge in [-0.25, -0.2) is 4.98 Å². The molecular weight excluding hydrogens is 302 g/mol. The van der Waals surface area contributed by atoms with E-state index in [9.17, 15) is 4.79 Å². The van der Waals surface area contributed by atoms with Crippen molar-refractivity contribution in [2.24, 2.45) is 0 Å². The molecule has 3 nitrogen and oxygen atoms in total. The van der Waals surface area contributed by atoms with Crippen LogP contribution < -0.4 is 0 Å². The number of carboxylic acid groups (broad SMARTS) is 1. The molecule has 0 fully saturated rings. The maximum atomic E-state index is 10.7. The fourth-order valence-electron chi connectivity index (χ4n) is 1.51. The molecule has 1 aromatic carbocycles. The van der Waals surface area contributed by atoms with Gasteiger partial charge in [0.05, 0.1) is 11.3 Å². The number of carbonyl (C=O) groups is 1. The maximum absolute atomic E-state index is 10.7. The van der Waals surface area contributed by atoms with Crippen LogP contribution in [-0.4, -0.2) is 16.1 Å². The third kappa shape index (κ3) is 2.73. The quantitative estimate of drug-likeness (QED) is 0.943. The Kier molecular flexibility index (Phi) is 3.59. The normalized spacial score (nSPS) is 10.5. The SMILES string of the molecule is Cc1ccccc1-c1nc(Br)c(CC(=O)O)s1. The van der Waals surface area contributed by atoms with Gasteiger partial charge >= 0.3 is 5.97 Å².